The van der Waals surface area contributed by atoms with Gasteiger partial charge in [0.25, 0.3) is 10.0 Å². The van der Waals surface area contributed by atoms with Crippen LogP contribution in [0.15, 0.2) is 46.7 Å². The molecule has 2 N–H and O–H groups in total. The van der Waals surface area contributed by atoms with E-state index in [9.17, 15) is 13.2 Å². The molecule has 0 radical (unpaired) electrons. The van der Waals surface area contributed by atoms with E-state index in [1.165, 1.54) is 15.6 Å². The van der Waals surface area contributed by atoms with Gasteiger partial charge in [0, 0.05) is 37.6 Å². The van der Waals surface area contributed by atoms with Crippen molar-refractivity contribution in [3.05, 3.63) is 52.9 Å². The third-order valence-electron chi connectivity index (χ3n) is 6.14. The van der Waals surface area contributed by atoms with Crippen LogP contribution in [0.25, 0.3) is 0 Å². The first-order valence-corrected chi connectivity index (χ1v) is 12.9. The van der Waals surface area contributed by atoms with E-state index in [0.29, 0.717) is 23.7 Å². The molecule has 0 spiro atoms. The molecule has 0 unspecified atom stereocenters. The van der Waals surface area contributed by atoms with Crippen LogP contribution >= 0.6 is 11.3 Å². The summed E-state index contributed by atoms with van der Waals surface area (Å²) in [7, 11) is -3.66. The summed E-state index contributed by atoms with van der Waals surface area (Å²) in [4.78, 5) is 16.1. The van der Waals surface area contributed by atoms with Crippen LogP contribution in [-0.4, -0.2) is 49.7 Å². The van der Waals surface area contributed by atoms with Crippen molar-refractivity contribution in [3.8, 4) is 0 Å². The van der Waals surface area contributed by atoms with Crippen LogP contribution in [0.1, 0.15) is 42.0 Å². The Morgan fingerprint density at radius 2 is 1.77 bits per heavy atom. The van der Waals surface area contributed by atoms with Gasteiger partial charge in [-0.1, -0.05) is 30.3 Å². The number of amides is 1. The summed E-state index contributed by atoms with van der Waals surface area (Å²) in [6, 6.07) is 13.4. The first-order chi connectivity index (χ1) is 14.5. The van der Waals surface area contributed by atoms with Crippen LogP contribution in [0.3, 0.4) is 0 Å². The Bertz CT molecular complexity index is 969. The summed E-state index contributed by atoms with van der Waals surface area (Å²) in [6.45, 7) is 2.53. The highest BCUT2D eigenvalue weighted by atomic mass is 32.2. The molecule has 2 aliphatic heterocycles. The molecule has 0 bridgehead atoms. The highest BCUT2D eigenvalue weighted by molar-refractivity contribution is 7.91. The average molecular weight is 448 g/mol. The van der Waals surface area contributed by atoms with E-state index in [1.54, 1.807) is 12.1 Å². The fourth-order valence-corrected chi connectivity index (χ4v) is 7.43. The molecule has 8 heteroatoms. The van der Waals surface area contributed by atoms with Gasteiger partial charge in [-0.2, -0.15) is 4.31 Å². The monoisotopic (exact) mass is 447 g/mol. The Morgan fingerprint density at radius 3 is 2.43 bits per heavy atom. The van der Waals surface area contributed by atoms with E-state index in [-0.39, 0.29) is 24.3 Å². The molecule has 0 saturated carbocycles. The Balaban J connectivity index is 1.62. The van der Waals surface area contributed by atoms with Gasteiger partial charge in [-0.3, -0.25) is 4.79 Å². The first-order valence-electron chi connectivity index (χ1n) is 10.6. The van der Waals surface area contributed by atoms with Crippen LogP contribution in [0, 0.1) is 5.92 Å². The van der Waals surface area contributed by atoms with Crippen LogP contribution in [0.2, 0.25) is 0 Å². The lowest BCUT2D eigenvalue weighted by Gasteiger charge is -2.39. The zero-order chi connectivity index (χ0) is 21.1. The molecule has 2 atom stereocenters. The van der Waals surface area contributed by atoms with E-state index in [1.807, 2.05) is 35.2 Å². The third-order valence-corrected chi connectivity index (χ3v) is 9.54. The molecule has 1 amide bonds. The number of nitrogens with two attached hydrogens (primary N) is 1. The molecule has 2 fully saturated rings. The van der Waals surface area contributed by atoms with Crippen molar-refractivity contribution in [2.75, 3.05) is 26.2 Å². The lowest BCUT2D eigenvalue weighted by atomic mass is 9.84. The molecule has 2 saturated heterocycles. The zero-order valence-corrected chi connectivity index (χ0v) is 18.7. The highest BCUT2D eigenvalue weighted by Crippen LogP contribution is 2.35. The lowest BCUT2D eigenvalue weighted by Crippen LogP contribution is -2.49. The first kappa shape index (κ1) is 21.5. The fourth-order valence-electron chi connectivity index (χ4n) is 4.51. The van der Waals surface area contributed by atoms with Crippen molar-refractivity contribution < 1.29 is 13.2 Å². The maximum Gasteiger partial charge on any atom is 0.252 e. The molecule has 30 heavy (non-hydrogen) atoms. The number of carbonyl (C=O) groups is 1. The minimum atomic E-state index is -3.66. The number of carbonyl (C=O) groups excluding carboxylic acids is 1. The number of likely N-dealkylation sites (tertiary alicyclic amines) is 1. The summed E-state index contributed by atoms with van der Waals surface area (Å²) in [6.07, 6.45) is 3.90. The Kier molecular flexibility index (Phi) is 6.57. The molecule has 6 nitrogen and oxygen atoms in total. The minimum Gasteiger partial charge on any atom is -0.342 e. The zero-order valence-electron chi connectivity index (χ0n) is 17.1. The quantitative estimate of drug-likeness (QED) is 0.764. The van der Waals surface area contributed by atoms with Crippen molar-refractivity contribution in [1.82, 2.24) is 9.21 Å². The molecule has 4 rings (SSSR count). The molecule has 3 heterocycles. The molecular weight excluding hydrogens is 418 g/mol. The molecule has 2 aliphatic rings. The minimum absolute atomic E-state index is 0.00223. The van der Waals surface area contributed by atoms with Crippen molar-refractivity contribution in [1.29, 1.82) is 0 Å². The van der Waals surface area contributed by atoms with Crippen molar-refractivity contribution >= 4 is 27.3 Å². The largest absolute Gasteiger partial charge is 0.342 e. The fraction of sp³-hybridized carbons (Fsp3) is 0.500. The van der Waals surface area contributed by atoms with Gasteiger partial charge in [0.05, 0.1) is 5.92 Å². The van der Waals surface area contributed by atoms with E-state index >= 15 is 0 Å². The van der Waals surface area contributed by atoms with Gasteiger partial charge >= 0.3 is 0 Å². The summed E-state index contributed by atoms with van der Waals surface area (Å²) < 4.78 is 28.6. The highest BCUT2D eigenvalue weighted by Gasteiger charge is 2.40. The topological polar surface area (TPSA) is 83.7 Å². The standard InChI is InChI=1S/C22H29N3O3S2/c23-14-20-9-10-21(29-20)30(27,28)25-15-18(17-7-3-1-4-8-17)13-19(16-25)22(26)24-11-5-2-6-12-24/h1,3-4,7-10,18-19H,2,5-6,11-16,23H2/t18-,19+/m1/s1. The second-order valence-electron chi connectivity index (χ2n) is 8.17. The van der Waals surface area contributed by atoms with Crippen LogP contribution in [0.4, 0.5) is 0 Å². The second kappa shape index (κ2) is 9.18. The van der Waals surface area contributed by atoms with Crippen LogP contribution in [0.5, 0.6) is 0 Å². The van der Waals surface area contributed by atoms with Gasteiger partial charge in [0.2, 0.25) is 5.91 Å². The summed E-state index contributed by atoms with van der Waals surface area (Å²) in [5, 5.41) is 0. The van der Waals surface area contributed by atoms with E-state index in [0.717, 1.165) is 42.8 Å². The Labute approximate surface area is 182 Å². The molecular formula is C22H29N3O3S2. The van der Waals surface area contributed by atoms with Gasteiger partial charge in [0.1, 0.15) is 4.21 Å². The molecule has 2 aromatic rings. The van der Waals surface area contributed by atoms with Gasteiger partial charge in [-0.15, -0.1) is 11.3 Å². The van der Waals surface area contributed by atoms with Gasteiger partial charge in [-0.05, 0) is 49.3 Å². The number of thiophene rings is 1. The lowest BCUT2D eigenvalue weighted by molar-refractivity contribution is -0.137. The number of rotatable bonds is 5. The predicted octanol–water partition coefficient (Wildman–Crippen LogP) is 3.01. The normalized spacial score (nSPS) is 23.4. The van der Waals surface area contributed by atoms with Crippen molar-refractivity contribution in [2.24, 2.45) is 11.7 Å². The van der Waals surface area contributed by atoms with E-state index < -0.39 is 10.0 Å². The number of piperidine rings is 2. The predicted molar refractivity (Wildman–Crippen MR) is 119 cm³/mol. The van der Waals surface area contributed by atoms with Gasteiger partial charge in [-0.25, -0.2) is 8.42 Å². The van der Waals surface area contributed by atoms with Gasteiger partial charge in [0.15, 0.2) is 0 Å². The van der Waals surface area contributed by atoms with Gasteiger partial charge < -0.3 is 10.6 Å². The summed E-state index contributed by atoms with van der Waals surface area (Å²) in [5.41, 5.74) is 6.76. The van der Waals surface area contributed by atoms with E-state index in [2.05, 4.69) is 0 Å². The second-order valence-corrected chi connectivity index (χ2v) is 11.5. The maximum absolute atomic E-state index is 13.4. The maximum atomic E-state index is 13.4. The van der Waals surface area contributed by atoms with Crippen molar-refractivity contribution in [2.45, 2.75) is 42.4 Å². The number of benzene rings is 1. The van der Waals surface area contributed by atoms with E-state index in [4.69, 9.17) is 5.73 Å². The number of sulfonamides is 1. The number of hydrogen-bond donors (Lipinski definition) is 1. The number of nitrogens with zero attached hydrogens (tertiary/aromatic N) is 2. The summed E-state index contributed by atoms with van der Waals surface area (Å²) >= 11 is 1.22. The molecule has 1 aromatic heterocycles. The molecule has 1 aromatic carbocycles. The Morgan fingerprint density at radius 1 is 1.03 bits per heavy atom. The molecule has 162 valence electrons. The Hall–Kier alpha value is -1.74. The third kappa shape index (κ3) is 4.46. The summed E-state index contributed by atoms with van der Waals surface area (Å²) in [5.74, 6) is -0.211. The average Bonchev–Trinajstić information content (AvgIpc) is 3.30. The SMILES string of the molecule is NCc1ccc(S(=O)(=O)N2C[C@@H](C(=O)N3CCCCC3)C[C@@H](c3ccccc3)C2)s1. The van der Waals surface area contributed by atoms with Crippen LogP contribution < -0.4 is 5.73 Å². The number of hydrogen-bond acceptors (Lipinski definition) is 5. The van der Waals surface area contributed by atoms with Crippen molar-refractivity contribution in [3.63, 3.8) is 0 Å². The van der Waals surface area contributed by atoms with Crippen LogP contribution in [-0.2, 0) is 21.4 Å². The smallest absolute Gasteiger partial charge is 0.252 e. The molecule has 0 aliphatic carbocycles.